The molecule has 0 saturated heterocycles. The number of hydrogen-bond acceptors (Lipinski definition) is 1. The van der Waals surface area contributed by atoms with E-state index < -0.39 is 0 Å². The predicted octanol–water partition coefficient (Wildman–Crippen LogP) is 2.88. The van der Waals surface area contributed by atoms with Crippen molar-refractivity contribution in [1.82, 2.24) is 0 Å². The third-order valence-electron chi connectivity index (χ3n) is 1.70. The molecule has 2 rings (SSSR count). The normalized spacial score (nSPS) is 10.2. The Morgan fingerprint density at radius 2 is 2.36 bits per heavy atom. The SMILES string of the molecule is C=Cc1cccc2co[c]c12. The van der Waals surface area contributed by atoms with Gasteiger partial charge < -0.3 is 4.42 Å². The Bertz CT molecular complexity index is 384. The molecule has 11 heavy (non-hydrogen) atoms. The van der Waals surface area contributed by atoms with Gasteiger partial charge in [-0.05, 0) is 5.56 Å². The summed E-state index contributed by atoms with van der Waals surface area (Å²) in [6.45, 7) is 3.70. The van der Waals surface area contributed by atoms with Crippen LogP contribution < -0.4 is 0 Å². The fraction of sp³-hybridized carbons (Fsp3) is 0. The molecule has 1 aromatic heterocycles. The van der Waals surface area contributed by atoms with Gasteiger partial charge >= 0.3 is 0 Å². The van der Waals surface area contributed by atoms with E-state index in [1.165, 1.54) is 0 Å². The Morgan fingerprint density at radius 1 is 1.45 bits per heavy atom. The molecule has 1 nitrogen and oxygen atoms in total. The summed E-state index contributed by atoms with van der Waals surface area (Å²) in [6, 6.07) is 5.95. The van der Waals surface area contributed by atoms with Crippen molar-refractivity contribution in [2.75, 3.05) is 0 Å². The standard InChI is InChI=1S/C10H7O/c1-2-8-4-3-5-9-6-11-7-10(8)9/h2-6H,1H2. The summed E-state index contributed by atoms with van der Waals surface area (Å²) >= 11 is 0. The first-order valence-electron chi connectivity index (χ1n) is 3.42. The van der Waals surface area contributed by atoms with Crippen molar-refractivity contribution in [2.45, 2.75) is 0 Å². The molecule has 0 amide bonds. The highest BCUT2D eigenvalue weighted by molar-refractivity contribution is 5.88. The van der Waals surface area contributed by atoms with E-state index in [1.54, 1.807) is 12.3 Å². The van der Waals surface area contributed by atoms with Crippen LogP contribution >= 0.6 is 0 Å². The van der Waals surface area contributed by atoms with Crippen LogP contribution in [0.2, 0.25) is 0 Å². The molecular formula is C10H7O. The van der Waals surface area contributed by atoms with Crippen molar-refractivity contribution in [3.63, 3.8) is 0 Å². The van der Waals surface area contributed by atoms with Gasteiger partial charge in [-0.15, -0.1) is 0 Å². The van der Waals surface area contributed by atoms with Crippen molar-refractivity contribution >= 4 is 16.8 Å². The molecule has 0 N–H and O–H groups in total. The molecule has 0 atom stereocenters. The highest BCUT2D eigenvalue weighted by Crippen LogP contribution is 2.19. The first kappa shape index (κ1) is 6.23. The van der Waals surface area contributed by atoms with Crippen LogP contribution in [-0.2, 0) is 0 Å². The fourth-order valence-corrected chi connectivity index (χ4v) is 1.13. The number of hydrogen-bond donors (Lipinski definition) is 0. The van der Waals surface area contributed by atoms with Crippen LogP contribution in [0.4, 0.5) is 0 Å². The molecule has 1 radical (unpaired) electrons. The lowest BCUT2D eigenvalue weighted by molar-refractivity contribution is 0.563. The molecule has 0 aliphatic carbocycles. The minimum Gasteiger partial charge on any atom is -0.460 e. The lowest BCUT2D eigenvalue weighted by Crippen LogP contribution is -1.70. The fourth-order valence-electron chi connectivity index (χ4n) is 1.13. The van der Waals surface area contributed by atoms with Crippen LogP contribution in [0.25, 0.3) is 16.8 Å². The summed E-state index contributed by atoms with van der Waals surface area (Å²) in [6.07, 6.45) is 6.28. The molecule has 1 heteroatoms. The summed E-state index contributed by atoms with van der Waals surface area (Å²) < 4.78 is 4.93. The number of benzene rings is 1. The van der Waals surface area contributed by atoms with Crippen molar-refractivity contribution in [1.29, 1.82) is 0 Å². The van der Waals surface area contributed by atoms with E-state index >= 15 is 0 Å². The van der Waals surface area contributed by atoms with E-state index in [2.05, 4.69) is 12.8 Å². The number of furan rings is 1. The van der Waals surface area contributed by atoms with Gasteiger partial charge in [0, 0.05) is 10.8 Å². The molecule has 0 aliphatic rings. The zero-order valence-corrected chi connectivity index (χ0v) is 6.00. The zero-order valence-electron chi connectivity index (χ0n) is 6.00. The van der Waals surface area contributed by atoms with E-state index in [1.807, 2.05) is 18.2 Å². The molecule has 53 valence electrons. The summed E-state index contributed by atoms with van der Waals surface area (Å²) in [5.74, 6) is 0. The smallest absolute Gasteiger partial charge is 0.178 e. The second-order valence-electron chi connectivity index (χ2n) is 2.35. The lowest BCUT2D eigenvalue weighted by atomic mass is 10.1. The molecule has 0 fully saturated rings. The van der Waals surface area contributed by atoms with Crippen LogP contribution in [0.5, 0.6) is 0 Å². The van der Waals surface area contributed by atoms with Gasteiger partial charge in [0.05, 0.1) is 6.26 Å². The maximum absolute atomic E-state index is 4.93. The quantitative estimate of drug-likeness (QED) is 0.598. The first-order valence-corrected chi connectivity index (χ1v) is 3.42. The van der Waals surface area contributed by atoms with Crippen LogP contribution in [0.15, 0.2) is 35.5 Å². The monoisotopic (exact) mass is 143 g/mol. The van der Waals surface area contributed by atoms with Crippen molar-refractivity contribution < 1.29 is 4.42 Å². The number of rotatable bonds is 1. The van der Waals surface area contributed by atoms with Gasteiger partial charge in [-0.2, -0.15) is 0 Å². The molecule has 1 heterocycles. The van der Waals surface area contributed by atoms with E-state index in [9.17, 15) is 0 Å². The summed E-state index contributed by atoms with van der Waals surface area (Å²) in [5, 5.41) is 2.07. The molecular weight excluding hydrogens is 136 g/mol. The highest BCUT2D eigenvalue weighted by Gasteiger charge is 1.98. The van der Waals surface area contributed by atoms with Gasteiger partial charge in [0.15, 0.2) is 6.26 Å². The molecule has 0 bridgehead atoms. The van der Waals surface area contributed by atoms with Crippen molar-refractivity contribution in [3.05, 3.63) is 42.9 Å². The molecule has 1 aromatic carbocycles. The molecule has 0 spiro atoms. The van der Waals surface area contributed by atoms with E-state index in [4.69, 9.17) is 4.42 Å². The maximum atomic E-state index is 4.93. The van der Waals surface area contributed by atoms with E-state index in [0.717, 1.165) is 16.3 Å². The molecule has 2 aromatic rings. The number of fused-ring (bicyclic) bond motifs is 1. The minimum atomic E-state index is 1.00. The molecule has 0 aliphatic heterocycles. The second-order valence-corrected chi connectivity index (χ2v) is 2.35. The van der Waals surface area contributed by atoms with Crippen LogP contribution in [0, 0.1) is 6.26 Å². The van der Waals surface area contributed by atoms with Crippen molar-refractivity contribution in [3.8, 4) is 0 Å². The van der Waals surface area contributed by atoms with Crippen LogP contribution in [0.1, 0.15) is 5.56 Å². The Labute approximate surface area is 64.9 Å². The zero-order chi connectivity index (χ0) is 7.68. The highest BCUT2D eigenvalue weighted by atomic mass is 16.3. The largest absolute Gasteiger partial charge is 0.460 e. The summed E-state index contributed by atoms with van der Waals surface area (Å²) in [4.78, 5) is 0. The van der Waals surface area contributed by atoms with E-state index in [-0.39, 0.29) is 0 Å². The molecule has 0 saturated carbocycles. The third-order valence-corrected chi connectivity index (χ3v) is 1.70. The Balaban J connectivity index is 2.88. The Hall–Kier alpha value is -1.50. The summed E-state index contributed by atoms with van der Waals surface area (Å²) in [5.41, 5.74) is 1.07. The lowest BCUT2D eigenvalue weighted by Gasteiger charge is -1.91. The van der Waals surface area contributed by atoms with Gasteiger partial charge in [-0.1, -0.05) is 30.9 Å². The minimum absolute atomic E-state index is 1.00. The van der Waals surface area contributed by atoms with Crippen LogP contribution in [0.3, 0.4) is 0 Å². The maximum Gasteiger partial charge on any atom is 0.178 e. The average molecular weight is 143 g/mol. The topological polar surface area (TPSA) is 13.1 Å². The Morgan fingerprint density at radius 3 is 3.18 bits per heavy atom. The van der Waals surface area contributed by atoms with E-state index in [0.29, 0.717) is 0 Å². The average Bonchev–Trinajstić information content (AvgIpc) is 2.50. The van der Waals surface area contributed by atoms with Gasteiger partial charge in [0.1, 0.15) is 0 Å². The van der Waals surface area contributed by atoms with Gasteiger partial charge in [-0.3, -0.25) is 0 Å². The second kappa shape index (κ2) is 2.27. The predicted molar refractivity (Wildman–Crippen MR) is 45.1 cm³/mol. The summed E-state index contributed by atoms with van der Waals surface area (Å²) in [7, 11) is 0. The Kier molecular flexibility index (Phi) is 1.29. The van der Waals surface area contributed by atoms with Gasteiger partial charge in [-0.25, -0.2) is 0 Å². The van der Waals surface area contributed by atoms with Crippen LogP contribution in [-0.4, -0.2) is 0 Å². The first-order chi connectivity index (χ1) is 5.42. The van der Waals surface area contributed by atoms with Crippen molar-refractivity contribution in [2.24, 2.45) is 0 Å². The van der Waals surface area contributed by atoms with Gasteiger partial charge in [0.2, 0.25) is 0 Å². The van der Waals surface area contributed by atoms with Gasteiger partial charge in [0.25, 0.3) is 0 Å². The third kappa shape index (κ3) is 0.855. The molecule has 0 unspecified atom stereocenters.